The van der Waals surface area contributed by atoms with Crippen molar-refractivity contribution in [2.75, 3.05) is 39.9 Å². The van der Waals surface area contributed by atoms with Crippen LogP contribution < -0.4 is 0 Å². The Hall–Kier alpha value is -0.650. The number of likely N-dealkylation sites (N-methyl/N-ethyl adjacent to an activating group) is 1. The van der Waals surface area contributed by atoms with E-state index in [4.69, 9.17) is 9.47 Å². The van der Waals surface area contributed by atoms with Crippen molar-refractivity contribution in [3.05, 3.63) is 0 Å². The molecule has 1 spiro atoms. The number of amides is 1. The fourth-order valence-electron chi connectivity index (χ4n) is 2.73. The van der Waals surface area contributed by atoms with E-state index in [1.165, 1.54) is 0 Å². The van der Waals surface area contributed by atoms with Crippen LogP contribution in [-0.2, 0) is 14.3 Å². The second-order valence-corrected chi connectivity index (χ2v) is 5.39. The van der Waals surface area contributed by atoms with E-state index < -0.39 is 0 Å². The van der Waals surface area contributed by atoms with E-state index in [0.717, 1.165) is 45.7 Å². The van der Waals surface area contributed by atoms with Crippen LogP contribution in [-0.4, -0.2) is 67.4 Å². The molecule has 0 aromatic carbocycles. The van der Waals surface area contributed by atoms with Gasteiger partial charge in [0.2, 0.25) is 5.91 Å². The molecule has 2 aliphatic rings. The molecule has 0 aliphatic carbocycles. The summed E-state index contributed by atoms with van der Waals surface area (Å²) in [5, 5.41) is 0. The topological polar surface area (TPSA) is 42.0 Å². The van der Waals surface area contributed by atoms with E-state index in [-0.39, 0.29) is 11.7 Å². The van der Waals surface area contributed by atoms with Gasteiger partial charge < -0.3 is 14.4 Å². The van der Waals surface area contributed by atoms with Crippen molar-refractivity contribution < 1.29 is 14.3 Å². The molecule has 104 valence electrons. The summed E-state index contributed by atoms with van der Waals surface area (Å²) in [7, 11) is 1.85. The van der Waals surface area contributed by atoms with Gasteiger partial charge in [0.15, 0.2) is 5.79 Å². The first-order chi connectivity index (χ1) is 8.52. The molecule has 0 radical (unpaired) electrons. The molecule has 2 saturated heterocycles. The van der Waals surface area contributed by atoms with Crippen molar-refractivity contribution in [3.63, 3.8) is 0 Å². The highest BCUT2D eigenvalue weighted by atomic mass is 16.7. The molecule has 5 nitrogen and oxygen atoms in total. The molecule has 2 rings (SSSR count). The quantitative estimate of drug-likeness (QED) is 0.745. The summed E-state index contributed by atoms with van der Waals surface area (Å²) in [6.45, 7) is 7.97. The van der Waals surface area contributed by atoms with Gasteiger partial charge in [0.1, 0.15) is 0 Å². The molecule has 5 heteroatoms. The first-order valence-corrected chi connectivity index (χ1v) is 6.76. The monoisotopic (exact) mass is 256 g/mol. The van der Waals surface area contributed by atoms with Gasteiger partial charge in [-0.25, -0.2) is 0 Å². The van der Waals surface area contributed by atoms with Crippen LogP contribution in [0.1, 0.15) is 26.7 Å². The zero-order chi connectivity index (χ0) is 13.2. The van der Waals surface area contributed by atoms with Crippen molar-refractivity contribution in [2.45, 2.75) is 38.5 Å². The Morgan fingerprint density at radius 1 is 1.33 bits per heavy atom. The maximum atomic E-state index is 11.2. The van der Waals surface area contributed by atoms with E-state index in [2.05, 4.69) is 11.8 Å². The Labute approximate surface area is 109 Å². The molecular formula is C13H24N2O3. The SMILES string of the molecule is CC(=O)N(C)CC(C)N1CCC2(CC1)OCCO2. The van der Waals surface area contributed by atoms with Crippen molar-refractivity contribution in [2.24, 2.45) is 0 Å². The Balaban J connectivity index is 1.80. The molecule has 0 aromatic rings. The van der Waals surface area contributed by atoms with E-state index in [1.807, 2.05) is 7.05 Å². The van der Waals surface area contributed by atoms with Crippen molar-refractivity contribution in [3.8, 4) is 0 Å². The summed E-state index contributed by atoms with van der Waals surface area (Å²) < 4.78 is 11.4. The Morgan fingerprint density at radius 3 is 2.39 bits per heavy atom. The molecule has 1 atom stereocenters. The fourth-order valence-corrected chi connectivity index (χ4v) is 2.73. The smallest absolute Gasteiger partial charge is 0.219 e. The Kier molecular flexibility index (Phi) is 4.25. The highest BCUT2D eigenvalue weighted by Crippen LogP contribution is 2.31. The van der Waals surface area contributed by atoms with Gasteiger partial charge in [-0.2, -0.15) is 0 Å². The van der Waals surface area contributed by atoms with Gasteiger partial charge in [-0.15, -0.1) is 0 Å². The van der Waals surface area contributed by atoms with Gasteiger partial charge in [-0.1, -0.05) is 0 Å². The number of likely N-dealkylation sites (tertiary alicyclic amines) is 1. The van der Waals surface area contributed by atoms with Gasteiger partial charge in [0, 0.05) is 52.5 Å². The summed E-state index contributed by atoms with van der Waals surface area (Å²) in [6, 6.07) is 0.387. The second kappa shape index (κ2) is 5.55. The van der Waals surface area contributed by atoms with Crippen molar-refractivity contribution >= 4 is 5.91 Å². The van der Waals surface area contributed by atoms with E-state index in [0.29, 0.717) is 6.04 Å². The normalized spacial score (nSPS) is 25.3. The van der Waals surface area contributed by atoms with Gasteiger partial charge in [0.05, 0.1) is 13.2 Å². The van der Waals surface area contributed by atoms with Gasteiger partial charge >= 0.3 is 0 Å². The van der Waals surface area contributed by atoms with Crippen LogP contribution in [0.5, 0.6) is 0 Å². The van der Waals surface area contributed by atoms with Crippen molar-refractivity contribution in [1.29, 1.82) is 0 Å². The van der Waals surface area contributed by atoms with Crippen LogP contribution in [0.15, 0.2) is 0 Å². The minimum Gasteiger partial charge on any atom is -0.347 e. The molecule has 2 aliphatic heterocycles. The average molecular weight is 256 g/mol. The number of rotatable bonds is 3. The van der Waals surface area contributed by atoms with Crippen LogP contribution >= 0.6 is 0 Å². The van der Waals surface area contributed by atoms with Gasteiger partial charge in [-0.05, 0) is 6.92 Å². The summed E-state index contributed by atoms with van der Waals surface area (Å²) in [6.07, 6.45) is 1.86. The molecule has 1 unspecified atom stereocenters. The standard InChI is InChI=1S/C13H24N2O3/c1-11(10-14(3)12(2)16)15-6-4-13(5-7-15)17-8-9-18-13/h11H,4-10H2,1-3H3. The number of nitrogens with zero attached hydrogens (tertiary/aromatic N) is 2. The third-order valence-electron chi connectivity index (χ3n) is 4.07. The molecule has 2 heterocycles. The van der Waals surface area contributed by atoms with Crippen LogP contribution in [0.3, 0.4) is 0 Å². The number of carbonyl (C=O) groups is 1. The summed E-state index contributed by atoms with van der Waals surface area (Å²) >= 11 is 0. The molecule has 0 saturated carbocycles. The first-order valence-electron chi connectivity index (χ1n) is 6.76. The lowest BCUT2D eigenvalue weighted by molar-refractivity contribution is -0.187. The highest BCUT2D eigenvalue weighted by Gasteiger charge is 2.40. The lowest BCUT2D eigenvalue weighted by atomic mass is 10.0. The summed E-state index contributed by atoms with van der Waals surface area (Å²) in [4.78, 5) is 15.4. The van der Waals surface area contributed by atoms with Crippen LogP contribution in [0, 0.1) is 0 Å². The molecule has 0 N–H and O–H groups in total. The maximum absolute atomic E-state index is 11.2. The number of piperidine rings is 1. The number of ether oxygens (including phenoxy) is 2. The van der Waals surface area contributed by atoms with Crippen LogP contribution in [0.2, 0.25) is 0 Å². The minimum atomic E-state index is -0.303. The molecule has 0 aromatic heterocycles. The third kappa shape index (κ3) is 3.02. The third-order valence-corrected chi connectivity index (χ3v) is 4.07. The van der Waals surface area contributed by atoms with Crippen molar-refractivity contribution in [1.82, 2.24) is 9.80 Å². The van der Waals surface area contributed by atoms with E-state index in [9.17, 15) is 4.79 Å². The average Bonchev–Trinajstić information content (AvgIpc) is 2.78. The first kappa shape index (κ1) is 13.8. The van der Waals surface area contributed by atoms with E-state index in [1.54, 1.807) is 11.8 Å². The Bertz CT molecular complexity index is 293. The lowest BCUT2D eigenvalue weighted by Crippen LogP contribution is -2.51. The van der Waals surface area contributed by atoms with E-state index >= 15 is 0 Å². The second-order valence-electron chi connectivity index (χ2n) is 5.39. The van der Waals surface area contributed by atoms with Gasteiger partial charge in [-0.3, -0.25) is 9.69 Å². The minimum absolute atomic E-state index is 0.123. The fraction of sp³-hybridized carbons (Fsp3) is 0.923. The largest absolute Gasteiger partial charge is 0.347 e. The predicted octanol–water partition coefficient (Wildman–Crippen LogP) is 0.692. The maximum Gasteiger partial charge on any atom is 0.219 e. The van der Waals surface area contributed by atoms with Crippen LogP contribution in [0.25, 0.3) is 0 Å². The summed E-state index contributed by atoms with van der Waals surface area (Å²) in [5.74, 6) is -0.180. The Morgan fingerprint density at radius 2 is 1.89 bits per heavy atom. The molecule has 2 fully saturated rings. The lowest BCUT2D eigenvalue weighted by Gasteiger charge is -2.41. The molecule has 1 amide bonds. The zero-order valence-electron chi connectivity index (χ0n) is 11.6. The molecule has 0 bridgehead atoms. The zero-order valence-corrected chi connectivity index (χ0v) is 11.6. The highest BCUT2D eigenvalue weighted by molar-refractivity contribution is 5.72. The van der Waals surface area contributed by atoms with Gasteiger partial charge in [0.25, 0.3) is 0 Å². The van der Waals surface area contributed by atoms with Crippen LogP contribution in [0.4, 0.5) is 0 Å². The summed E-state index contributed by atoms with van der Waals surface area (Å²) in [5.41, 5.74) is 0. The molecule has 18 heavy (non-hydrogen) atoms. The molecular weight excluding hydrogens is 232 g/mol. The number of hydrogen-bond donors (Lipinski definition) is 0. The predicted molar refractivity (Wildman–Crippen MR) is 68.2 cm³/mol. The number of hydrogen-bond acceptors (Lipinski definition) is 4. The number of carbonyl (C=O) groups excluding carboxylic acids is 1.